The van der Waals surface area contributed by atoms with Crippen molar-refractivity contribution in [3.8, 4) is 0 Å². The van der Waals surface area contributed by atoms with Gasteiger partial charge >= 0.3 is 0 Å². The summed E-state index contributed by atoms with van der Waals surface area (Å²) >= 11 is 0. The number of hydrogen-bond acceptors (Lipinski definition) is 2. The molecule has 0 atom stereocenters. The second kappa shape index (κ2) is 8.30. The van der Waals surface area contributed by atoms with Crippen LogP contribution in [0.3, 0.4) is 0 Å². The zero-order valence-corrected chi connectivity index (χ0v) is 11.9. The van der Waals surface area contributed by atoms with E-state index in [1.54, 1.807) is 6.08 Å². The van der Waals surface area contributed by atoms with E-state index in [1.165, 1.54) is 0 Å². The van der Waals surface area contributed by atoms with Crippen LogP contribution in [0.2, 0.25) is 0 Å². The van der Waals surface area contributed by atoms with Gasteiger partial charge < -0.3 is 9.64 Å². The van der Waals surface area contributed by atoms with Gasteiger partial charge in [-0.1, -0.05) is 19.9 Å². The number of piperidine rings is 1. The summed E-state index contributed by atoms with van der Waals surface area (Å²) in [5.41, 5.74) is 0. The normalized spacial score (nSPS) is 17.2. The molecular formula is C15H27NO2. The van der Waals surface area contributed by atoms with Gasteiger partial charge in [0.25, 0.3) is 0 Å². The second-order valence-corrected chi connectivity index (χ2v) is 5.11. The molecule has 1 rings (SSSR count). The SMILES string of the molecule is C=CCOCC1CCN(C(=O)C(CC)CC)CC1. The van der Waals surface area contributed by atoms with Crippen LogP contribution in [0, 0.1) is 11.8 Å². The van der Waals surface area contributed by atoms with Gasteiger partial charge in [0.15, 0.2) is 0 Å². The van der Waals surface area contributed by atoms with E-state index in [9.17, 15) is 4.79 Å². The molecule has 0 bridgehead atoms. The highest BCUT2D eigenvalue weighted by Gasteiger charge is 2.26. The number of likely N-dealkylation sites (tertiary alicyclic amines) is 1. The zero-order valence-electron chi connectivity index (χ0n) is 11.9. The predicted octanol–water partition coefficient (Wildman–Crippen LogP) is 2.86. The van der Waals surface area contributed by atoms with Gasteiger partial charge in [-0.3, -0.25) is 4.79 Å². The Hall–Kier alpha value is -0.830. The highest BCUT2D eigenvalue weighted by atomic mass is 16.5. The van der Waals surface area contributed by atoms with E-state index in [4.69, 9.17) is 4.74 Å². The Morgan fingerprint density at radius 1 is 1.39 bits per heavy atom. The number of nitrogens with zero attached hydrogens (tertiary/aromatic N) is 1. The van der Waals surface area contributed by atoms with E-state index in [1.807, 2.05) is 4.90 Å². The molecule has 0 radical (unpaired) electrons. The molecule has 0 spiro atoms. The maximum atomic E-state index is 12.2. The molecule has 0 aliphatic carbocycles. The lowest BCUT2D eigenvalue weighted by molar-refractivity contribution is -0.137. The molecule has 0 N–H and O–H groups in total. The standard InChI is InChI=1S/C15H27NO2/c1-4-11-18-12-13-7-9-16(10-8-13)15(17)14(5-2)6-3/h4,13-14H,1,5-12H2,2-3H3. The number of ether oxygens (including phenoxy) is 1. The third-order valence-corrected chi connectivity index (χ3v) is 3.85. The van der Waals surface area contributed by atoms with Gasteiger partial charge in [-0.05, 0) is 31.6 Å². The van der Waals surface area contributed by atoms with Crippen LogP contribution in [0.25, 0.3) is 0 Å². The largest absolute Gasteiger partial charge is 0.377 e. The number of amides is 1. The van der Waals surface area contributed by atoms with Crippen LogP contribution in [0.1, 0.15) is 39.5 Å². The van der Waals surface area contributed by atoms with Crippen LogP contribution >= 0.6 is 0 Å². The number of hydrogen-bond donors (Lipinski definition) is 0. The molecule has 0 saturated carbocycles. The Labute approximate surface area is 111 Å². The van der Waals surface area contributed by atoms with Gasteiger partial charge in [-0.15, -0.1) is 6.58 Å². The van der Waals surface area contributed by atoms with E-state index in [0.717, 1.165) is 45.4 Å². The monoisotopic (exact) mass is 253 g/mol. The topological polar surface area (TPSA) is 29.5 Å². The van der Waals surface area contributed by atoms with E-state index in [-0.39, 0.29) is 5.92 Å². The molecule has 104 valence electrons. The van der Waals surface area contributed by atoms with Gasteiger partial charge in [0.2, 0.25) is 5.91 Å². The van der Waals surface area contributed by atoms with Crippen LogP contribution in [0.5, 0.6) is 0 Å². The van der Waals surface area contributed by atoms with Crippen molar-refractivity contribution in [2.75, 3.05) is 26.3 Å². The molecule has 1 amide bonds. The molecule has 0 aromatic rings. The van der Waals surface area contributed by atoms with Crippen LogP contribution in [-0.4, -0.2) is 37.1 Å². The highest BCUT2D eigenvalue weighted by molar-refractivity contribution is 5.78. The van der Waals surface area contributed by atoms with Crippen molar-refractivity contribution in [2.24, 2.45) is 11.8 Å². The zero-order chi connectivity index (χ0) is 13.4. The summed E-state index contributed by atoms with van der Waals surface area (Å²) in [4.78, 5) is 14.3. The van der Waals surface area contributed by atoms with Crippen molar-refractivity contribution in [2.45, 2.75) is 39.5 Å². The first-order valence-electron chi connectivity index (χ1n) is 7.20. The predicted molar refractivity (Wildman–Crippen MR) is 74.4 cm³/mol. The summed E-state index contributed by atoms with van der Waals surface area (Å²) in [5, 5.41) is 0. The molecule has 1 aliphatic rings. The molecular weight excluding hydrogens is 226 g/mol. The smallest absolute Gasteiger partial charge is 0.225 e. The summed E-state index contributed by atoms with van der Waals surface area (Å²) in [6.45, 7) is 11.1. The fraction of sp³-hybridized carbons (Fsp3) is 0.800. The Kier molecular flexibility index (Phi) is 7.02. The van der Waals surface area contributed by atoms with Gasteiger partial charge in [-0.25, -0.2) is 0 Å². The average molecular weight is 253 g/mol. The Morgan fingerprint density at radius 3 is 2.50 bits per heavy atom. The molecule has 0 aromatic heterocycles. The summed E-state index contributed by atoms with van der Waals surface area (Å²) in [6.07, 6.45) is 5.84. The number of rotatable bonds is 7. The van der Waals surface area contributed by atoms with Crippen LogP contribution in [0.15, 0.2) is 12.7 Å². The third-order valence-electron chi connectivity index (χ3n) is 3.85. The van der Waals surface area contributed by atoms with Gasteiger partial charge in [0.1, 0.15) is 0 Å². The third kappa shape index (κ3) is 4.45. The molecule has 1 saturated heterocycles. The molecule has 3 nitrogen and oxygen atoms in total. The summed E-state index contributed by atoms with van der Waals surface area (Å²) in [6, 6.07) is 0. The Bertz CT molecular complexity index is 253. The van der Waals surface area contributed by atoms with E-state index in [0.29, 0.717) is 18.4 Å². The first kappa shape index (κ1) is 15.2. The number of carbonyl (C=O) groups is 1. The second-order valence-electron chi connectivity index (χ2n) is 5.11. The highest BCUT2D eigenvalue weighted by Crippen LogP contribution is 2.21. The number of carbonyl (C=O) groups excluding carboxylic acids is 1. The molecule has 3 heteroatoms. The summed E-state index contributed by atoms with van der Waals surface area (Å²) in [5.74, 6) is 1.18. The first-order chi connectivity index (χ1) is 8.72. The fourth-order valence-corrected chi connectivity index (χ4v) is 2.53. The lowest BCUT2D eigenvalue weighted by Gasteiger charge is -2.33. The van der Waals surface area contributed by atoms with Crippen molar-refractivity contribution in [1.82, 2.24) is 4.90 Å². The molecule has 18 heavy (non-hydrogen) atoms. The van der Waals surface area contributed by atoms with Crippen LogP contribution in [-0.2, 0) is 9.53 Å². The van der Waals surface area contributed by atoms with E-state index in [2.05, 4.69) is 20.4 Å². The van der Waals surface area contributed by atoms with Crippen molar-refractivity contribution < 1.29 is 9.53 Å². The molecule has 1 heterocycles. The van der Waals surface area contributed by atoms with Gasteiger partial charge in [-0.2, -0.15) is 0 Å². The van der Waals surface area contributed by atoms with E-state index < -0.39 is 0 Å². The lowest BCUT2D eigenvalue weighted by Crippen LogP contribution is -2.42. The maximum absolute atomic E-state index is 12.2. The van der Waals surface area contributed by atoms with Crippen LogP contribution < -0.4 is 0 Å². The van der Waals surface area contributed by atoms with E-state index >= 15 is 0 Å². The van der Waals surface area contributed by atoms with Crippen molar-refractivity contribution >= 4 is 5.91 Å². The van der Waals surface area contributed by atoms with Crippen molar-refractivity contribution in [3.05, 3.63) is 12.7 Å². The lowest BCUT2D eigenvalue weighted by atomic mass is 9.95. The van der Waals surface area contributed by atoms with Gasteiger partial charge in [0, 0.05) is 25.6 Å². The molecule has 0 unspecified atom stereocenters. The Balaban J connectivity index is 2.30. The minimum Gasteiger partial charge on any atom is -0.377 e. The first-order valence-corrected chi connectivity index (χ1v) is 7.20. The minimum atomic E-state index is 0.221. The minimum absolute atomic E-state index is 0.221. The van der Waals surface area contributed by atoms with Gasteiger partial charge in [0.05, 0.1) is 6.61 Å². The fourth-order valence-electron chi connectivity index (χ4n) is 2.53. The van der Waals surface area contributed by atoms with Crippen LogP contribution in [0.4, 0.5) is 0 Å². The summed E-state index contributed by atoms with van der Waals surface area (Å²) < 4.78 is 5.49. The van der Waals surface area contributed by atoms with Crippen molar-refractivity contribution in [1.29, 1.82) is 0 Å². The molecule has 1 aliphatic heterocycles. The average Bonchev–Trinajstić information content (AvgIpc) is 2.41. The quantitative estimate of drug-likeness (QED) is 0.516. The van der Waals surface area contributed by atoms with Crippen molar-refractivity contribution in [3.63, 3.8) is 0 Å². The molecule has 1 fully saturated rings. The Morgan fingerprint density at radius 2 is 2.00 bits per heavy atom. The maximum Gasteiger partial charge on any atom is 0.225 e. The molecule has 0 aromatic carbocycles. The summed E-state index contributed by atoms with van der Waals surface area (Å²) in [7, 11) is 0.